The average Bonchev–Trinajstić information content (AvgIpc) is 2.27. The molecule has 0 spiro atoms. The Bertz CT molecular complexity index is 338. The van der Waals surface area contributed by atoms with E-state index in [2.05, 4.69) is 0 Å². The summed E-state index contributed by atoms with van der Waals surface area (Å²) < 4.78 is 5.07. The van der Waals surface area contributed by atoms with E-state index in [1.165, 1.54) is 24.3 Å². The van der Waals surface area contributed by atoms with Crippen molar-refractivity contribution < 1.29 is 19.9 Å². The third-order valence-corrected chi connectivity index (χ3v) is 1.93. The second kappa shape index (κ2) is 6.04. The number of aliphatic hydroxyl groups excluding tert-OH is 2. The van der Waals surface area contributed by atoms with Crippen LogP contribution >= 0.6 is 0 Å². The Labute approximate surface area is 92.2 Å². The highest BCUT2D eigenvalue weighted by molar-refractivity contribution is 5.35. The Morgan fingerprint density at radius 3 is 2.50 bits per heavy atom. The summed E-state index contributed by atoms with van der Waals surface area (Å²) in [4.78, 5) is 9.86. The van der Waals surface area contributed by atoms with Gasteiger partial charge in [0.05, 0.1) is 4.92 Å². The van der Waals surface area contributed by atoms with Gasteiger partial charge in [-0.3, -0.25) is 10.1 Å². The third kappa shape index (κ3) is 3.84. The fourth-order valence-corrected chi connectivity index (χ4v) is 1.13. The van der Waals surface area contributed by atoms with Gasteiger partial charge in [-0.1, -0.05) is 0 Å². The van der Waals surface area contributed by atoms with Crippen LogP contribution in [0.2, 0.25) is 0 Å². The van der Waals surface area contributed by atoms with E-state index in [1.807, 2.05) is 0 Å². The van der Waals surface area contributed by atoms with Crippen molar-refractivity contribution in [1.82, 2.24) is 0 Å². The average molecular weight is 227 g/mol. The van der Waals surface area contributed by atoms with Crippen molar-refractivity contribution in [1.29, 1.82) is 0 Å². The standard InChI is InChI=1S/C10H13NO5/c12-7-1-2-10(13)16-9-5-3-8(4-6-9)11(14)15/h3-6,10,12-13H,1-2,7H2. The summed E-state index contributed by atoms with van der Waals surface area (Å²) in [5, 5.41) is 28.2. The molecular formula is C10H13NO5. The number of benzene rings is 1. The molecule has 0 radical (unpaired) electrons. The number of ether oxygens (including phenoxy) is 1. The fourth-order valence-electron chi connectivity index (χ4n) is 1.13. The molecule has 6 heteroatoms. The topological polar surface area (TPSA) is 92.8 Å². The first kappa shape index (κ1) is 12.4. The van der Waals surface area contributed by atoms with Crippen molar-refractivity contribution in [2.24, 2.45) is 0 Å². The summed E-state index contributed by atoms with van der Waals surface area (Å²) in [6.45, 7) is -0.0132. The van der Waals surface area contributed by atoms with E-state index < -0.39 is 11.2 Å². The number of rotatable bonds is 6. The Morgan fingerprint density at radius 1 is 1.38 bits per heavy atom. The first-order chi connectivity index (χ1) is 7.63. The minimum atomic E-state index is -1.01. The van der Waals surface area contributed by atoms with Crippen LogP contribution in [0.4, 0.5) is 5.69 Å². The summed E-state index contributed by atoms with van der Waals surface area (Å²) in [6, 6.07) is 5.43. The van der Waals surface area contributed by atoms with Crippen molar-refractivity contribution in [2.75, 3.05) is 6.61 Å². The van der Waals surface area contributed by atoms with Crippen molar-refractivity contribution in [2.45, 2.75) is 19.1 Å². The van der Waals surface area contributed by atoms with E-state index in [1.54, 1.807) is 0 Å². The zero-order chi connectivity index (χ0) is 12.0. The molecule has 0 aliphatic heterocycles. The first-order valence-corrected chi connectivity index (χ1v) is 4.83. The molecule has 0 aliphatic rings. The minimum Gasteiger partial charge on any atom is -0.465 e. The lowest BCUT2D eigenvalue weighted by molar-refractivity contribution is -0.384. The van der Waals surface area contributed by atoms with Crippen LogP contribution in [-0.4, -0.2) is 28.0 Å². The highest BCUT2D eigenvalue weighted by Crippen LogP contribution is 2.18. The number of non-ortho nitro benzene ring substituents is 1. The van der Waals surface area contributed by atoms with Gasteiger partial charge < -0.3 is 14.9 Å². The van der Waals surface area contributed by atoms with Crippen LogP contribution in [0.3, 0.4) is 0 Å². The molecule has 16 heavy (non-hydrogen) atoms. The lowest BCUT2D eigenvalue weighted by atomic mass is 10.3. The highest BCUT2D eigenvalue weighted by Gasteiger charge is 2.08. The van der Waals surface area contributed by atoms with Crippen LogP contribution in [-0.2, 0) is 0 Å². The highest BCUT2D eigenvalue weighted by atomic mass is 16.6. The maximum absolute atomic E-state index is 10.4. The van der Waals surface area contributed by atoms with Gasteiger partial charge in [-0.25, -0.2) is 0 Å². The number of aliphatic hydroxyl groups is 2. The molecule has 0 saturated carbocycles. The zero-order valence-electron chi connectivity index (χ0n) is 8.57. The molecule has 0 fully saturated rings. The van der Waals surface area contributed by atoms with Gasteiger partial charge >= 0.3 is 0 Å². The molecule has 6 nitrogen and oxygen atoms in total. The molecule has 0 heterocycles. The quantitative estimate of drug-likeness (QED) is 0.430. The molecular weight excluding hydrogens is 214 g/mol. The molecule has 1 atom stereocenters. The van der Waals surface area contributed by atoms with Crippen LogP contribution in [0, 0.1) is 10.1 Å². The molecule has 1 unspecified atom stereocenters. The Kier molecular flexibility index (Phi) is 4.68. The molecule has 88 valence electrons. The predicted octanol–water partition coefficient (Wildman–Crippen LogP) is 1.06. The molecule has 0 saturated heterocycles. The Hall–Kier alpha value is -1.66. The summed E-state index contributed by atoms with van der Waals surface area (Å²) in [6.07, 6.45) is -0.254. The molecule has 2 N–H and O–H groups in total. The van der Waals surface area contributed by atoms with Crippen LogP contribution in [0.1, 0.15) is 12.8 Å². The molecule has 1 aromatic carbocycles. The first-order valence-electron chi connectivity index (χ1n) is 4.83. The second-order valence-corrected chi connectivity index (χ2v) is 3.19. The van der Waals surface area contributed by atoms with Gasteiger partial charge in [-0.15, -0.1) is 0 Å². The lowest BCUT2D eigenvalue weighted by Gasteiger charge is -2.12. The normalized spacial score (nSPS) is 12.1. The monoisotopic (exact) mass is 227 g/mol. The van der Waals surface area contributed by atoms with Gasteiger partial charge in [0.25, 0.3) is 5.69 Å². The van der Waals surface area contributed by atoms with Crippen LogP contribution in [0.15, 0.2) is 24.3 Å². The van der Waals surface area contributed by atoms with Crippen molar-refractivity contribution in [3.05, 3.63) is 34.4 Å². The summed E-state index contributed by atoms with van der Waals surface area (Å²) in [5.74, 6) is 0.357. The summed E-state index contributed by atoms with van der Waals surface area (Å²) >= 11 is 0. The predicted molar refractivity (Wildman–Crippen MR) is 56.1 cm³/mol. The van der Waals surface area contributed by atoms with Gasteiger partial charge in [0, 0.05) is 25.2 Å². The van der Waals surface area contributed by atoms with Crippen LogP contribution < -0.4 is 4.74 Å². The number of nitrogens with zero attached hydrogens (tertiary/aromatic N) is 1. The SMILES string of the molecule is O=[N+]([O-])c1ccc(OC(O)CCCO)cc1. The Morgan fingerprint density at radius 2 is 2.00 bits per heavy atom. The zero-order valence-corrected chi connectivity index (χ0v) is 8.57. The number of nitro groups is 1. The van der Waals surface area contributed by atoms with E-state index in [0.29, 0.717) is 18.6 Å². The number of hydrogen-bond donors (Lipinski definition) is 2. The molecule has 0 amide bonds. The third-order valence-electron chi connectivity index (χ3n) is 1.93. The van der Waals surface area contributed by atoms with E-state index in [0.717, 1.165) is 0 Å². The largest absolute Gasteiger partial charge is 0.465 e. The van der Waals surface area contributed by atoms with E-state index >= 15 is 0 Å². The maximum Gasteiger partial charge on any atom is 0.269 e. The molecule has 1 aromatic rings. The van der Waals surface area contributed by atoms with E-state index in [4.69, 9.17) is 9.84 Å². The number of hydrogen-bond acceptors (Lipinski definition) is 5. The van der Waals surface area contributed by atoms with Gasteiger partial charge in [0.15, 0.2) is 6.29 Å². The van der Waals surface area contributed by atoms with Crippen LogP contribution in [0.25, 0.3) is 0 Å². The maximum atomic E-state index is 10.4. The van der Waals surface area contributed by atoms with Crippen LogP contribution in [0.5, 0.6) is 5.75 Å². The van der Waals surface area contributed by atoms with E-state index in [9.17, 15) is 15.2 Å². The van der Waals surface area contributed by atoms with Gasteiger partial charge in [0.2, 0.25) is 0 Å². The van der Waals surface area contributed by atoms with Crippen molar-refractivity contribution >= 4 is 5.69 Å². The van der Waals surface area contributed by atoms with Gasteiger partial charge in [-0.2, -0.15) is 0 Å². The molecule has 1 rings (SSSR count). The Balaban J connectivity index is 2.51. The fraction of sp³-hybridized carbons (Fsp3) is 0.400. The number of nitro benzene ring substituents is 1. The minimum absolute atomic E-state index is 0.0132. The molecule has 0 aromatic heterocycles. The van der Waals surface area contributed by atoms with E-state index in [-0.39, 0.29) is 12.3 Å². The second-order valence-electron chi connectivity index (χ2n) is 3.19. The lowest BCUT2D eigenvalue weighted by Crippen LogP contribution is -2.15. The molecule has 0 bridgehead atoms. The van der Waals surface area contributed by atoms with Crippen molar-refractivity contribution in [3.63, 3.8) is 0 Å². The summed E-state index contributed by atoms with van der Waals surface area (Å²) in [5.41, 5.74) is -0.0304. The molecule has 0 aliphatic carbocycles. The van der Waals surface area contributed by atoms with Gasteiger partial charge in [0.1, 0.15) is 5.75 Å². The summed E-state index contributed by atoms with van der Waals surface area (Å²) in [7, 11) is 0. The smallest absolute Gasteiger partial charge is 0.269 e. The van der Waals surface area contributed by atoms with Gasteiger partial charge in [-0.05, 0) is 18.6 Å². The van der Waals surface area contributed by atoms with Crippen molar-refractivity contribution in [3.8, 4) is 5.75 Å².